The lowest BCUT2D eigenvalue weighted by molar-refractivity contribution is -0.141. The number of anilines is 1. The summed E-state index contributed by atoms with van der Waals surface area (Å²) < 4.78 is 5.26. The number of nitrogens with one attached hydrogen (secondary N) is 1. The molecule has 0 saturated heterocycles. The van der Waals surface area contributed by atoms with E-state index in [1.165, 1.54) is 0 Å². The molecule has 1 aromatic rings. The van der Waals surface area contributed by atoms with Crippen LogP contribution in [-0.2, 0) is 4.79 Å². The molecule has 0 spiro atoms. The number of hydrogen-bond donors (Lipinski definition) is 2. The number of hydrogen-bond acceptors (Lipinski definition) is 5. The maximum atomic E-state index is 11.0. The van der Waals surface area contributed by atoms with Gasteiger partial charge in [-0.3, -0.25) is 0 Å². The Morgan fingerprint density at radius 1 is 1.53 bits per heavy atom. The molecule has 0 saturated carbocycles. The minimum atomic E-state index is -1.13. The zero-order valence-corrected chi connectivity index (χ0v) is 10.4. The highest BCUT2D eigenvalue weighted by Gasteiger charge is 2.27. The Balaban J connectivity index is 2.95. The molecule has 0 aliphatic rings. The molecule has 0 radical (unpaired) electrons. The van der Waals surface area contributed by atoms with Crippen molar-refractivity contribution in [3.8, 4) is 5.88 Å². The zero-order chi connectivity index (χ0) is 13.1. The summed E-state index contributed by atoms with van der Waals surface area (Å²) in [4.78, 5) is 19.2. The summed E-state index contributed by atoms with van der Waals surface area (Å²) in [5.74, 6) is -0.287. The number of aliphatic carboxylic acids is 1. The van der Waals surface area contributed by atoms with E-state index < -0.39 is 11.5 Å². The average Bonchev–Trinajstić information content (AvgIpc) is 2.15. The first-order valence-corrected chi connectivity index (χ1v) is 5.35. The molecule has 0 bridgehead atoms. The third-order valence-corrected chi connectivity index (χ3v) is 2.08. The number of rotatable bonds is 5. The Hall–Kier alpha value is -1.85. The van der Waals surface area contributed by atoms with E-state index in [0.29, 0.717) is 18.2 Å². The number of carboxylic acids is 1. The number of carboxylic acid groups (broad SMARTS) is 1. The van der Waals surface area contributed by atoms with E-state index in [9.17, 15) is 4.79 Å². The van der Waals surface area contributed by atoms with Crippen LogP contribution >= 0.6 is 0 Å². The topological polar surface area (TPSA) is 84.3 Å². The molecule has 1 heterocycles. The summed E-state index contributed by atoms with van der Waals surface area (Å²) in [6.45, 7) is 7.23. The molecule has 0 amide bonds. The Bertz CT molecular complexity index is 418. The highest BCUT2D eigenvalue weighted by Crippen LogP contribution is 2.16. The minimum Gasteiger partial charge on any atom is -0.480 e. The number of aryl methyl sites for hydroxylation is 1. The van der Waals surface area contributed by atoms with Crippen molar-refractivity contribution in [2.45, 2.75) is 33.2 Å². The van der Waals surface area contributed by atoms with Crippen molar-refractivity contribution in [2.24, 2.45) is 0 Å². The third kappa shape index (κ3) is 3.58. The molecule has 0 aliphatic carbocycles. The van der Waals surface area contributed by atoms with E-state index in [4.69, 9.17) is 9.84 Å². The van der Waals surface area contributed by atoms with Crippen molar-refractivity contribution in [1.82, 2.24) is 9.97 Å². The molecule has 0 fully saturated rings. The first-order chi connectivity index (χ1) is 7.85. The lowest BCUT2D eigenvalue weighted by Gasteiger charge is -2.21. The second-order valence-electron chi connectivity index (χ2n) is 4.16. The molecule has 1 rings (SSSR count). The molecular formula is C11H17N3O3. The SMILES string of the molecule is CCOc1cc(C)nc(NC(C)(C)C(=O)O)n1. The van der Waals surface area contributed by atoms with Crippen LogP contribution in [0.3, 0.4) is 0 Å². The molecule has 17 heavy (non-hydrogen) atoms. The lowest BCUT2D eigenvalue weighted by Crippen LogP contribution is -2.40. The molecule has 0 aliphatic heterocycles. The molecule has 0 aromatic carbocycles. The van der Waals surface area contributed by atoms with Gasteiger partial charge in [0, 0.05) is 11.8 Å². The summed E-state index contributed by atoms with van der Waals surface area (Å²) in [6.07, 6.45) is 0. The van der Waals surface area contributed by atoms with Gasteiger partial charge in [0.1, 0.15) is 5.54 Å². The smallest absolute Gasteiger partial charge is 0.328 e. The maximum Gasteiger partial charge on any atom is 0.328 e. The molecule has 6 nitrogen and oxygen atoms in total. The van der Waals surface area contributed by atoms with E-state index in [0.717, 1.165) is 0 Å². The van der Waals surface area contributed by atoms with E-state index in [-0.39, 0.29) is 5.95 Å². The number of ether oxygens (including phenoxy) is 1. The Labute approximate surface area is 100 Å². The van der Waals surface area contributed by atoms with Crippen molar-refractivity contribution in [3.05, 3.63) is 11.8 Å². The van der Waals surface area contributed by atoms with Crippen LogP contribution in [-0.4, -0.2) is 33.2 Å². The highest BCUT2D eigenvalue weighted by molar-refractivity contribution is 5.80. The highest BCUT2D eigenvalue weighted by atomic mass is 16.5. The summed E-state index contributed by atoms with van der Waals surface area (Å²) in [6, 6.07) is 1.70. The maximum absolute atomic E-state index is 11.0. The summed E-state index contributed by atoms with van der Waals surface area (Å²) in [5.41, 5.74) is -0.413. The van der Waals surface area contributed by atoms with Crippen LogP contribution in [0, 0.1) is 6.92 Å². The van der Waals surface area contributed by atoms with E-state index in [1.807, 2.05) is 6.92 Å². The molecule has 0 atom stereocenters. The predicted molar refractivity (Wildman–Crippen MR) is 63.3 cm³/mol. The molecule has 0 unspecified atom stereocenters. The number of carbonyl (C=O) groups is 1. The fourth-order valence-corrected chi connectivity index (χ4v) is 1.15. The molecule has 6 heteroatoms. The minimum absolute atomic E-state index is 0.251. The van der Waals surface area contributed by atoms with Gasteiger partial charge in [0.25, 0.3) is 0 Å². The first-order valence-electron chi connectivity index (χ1n) is 5.35. The van der Waals surface area contributed by atoms with Gasteiger partial charge in [-0.25, -0.2) is 9.78 Å². The Kier molecular flexibility index (Phi) is 3.88. The fraction of sp³-hybridized carbons (Fsp3) is 0.545. The van der Waals surface area contributed by atoms with Gasteiger partial charge in [0.05, 0.1) is 6.61 Å². The van der Waals surface area contributed by atoms with Gasteiger partial charge >= 0.3 is 5.97 Å². The van der Waals surface area contributed by atoms with Gasteiger partial charge in [-0.15, -0.1) is 0 Å². The van der Waals surface area contributed by atoms with Crippen LogP contribution in [0.15, 0.2) is 6.07 Å². The predicted octanol–water partition coefficient (Wildman–Crippen LogP) is 1.46. The Morgan fingerprint density at radius 2 is 2.18 bits per heavy atom. The van der Waals surface area contributed by atoms with Crippen molar-refractivity contribution in [2.75, 3.05) is 11.9 Å². The first kappa shape index (κ1) is 13.2. The van der Waals surface area contributed by atoms with Crippen molar-refractivity contribution < 1.29 is 14.6 Å². The van der Waals surface area contributed by atoms with Gasteiger partial charge in [0.2, 0.25) is 11.8 Å². The van der Waals surface area contributed by atoms with Crippen molar-refractivity contribution in [1.29, 1.82) is 0 Å². The quantitative estimate of drug-likeness (QED) is 0.809. The zero-order valence-electron chi connectivity index (χ0n) is 10.4. The molecule has 94 valence electrons. The second-order valence-corrected chi connectivity index (χ2v) is 4.16. The van der Waals surface area contributed by atoms with Gasteiger partial charge < -0.3 is 15.2 Å². The number of nitrogens with zero attached hydrogens (tertiary/aromatic N) is 2. The van der Waals surface area contributed by atoms with Gasteiger partial charge in [-0.05, 0) is 27.7 Å². The van der Waals surface area contributed by atoms with Crippen molar-refractivity contribution >= 4 is 11.9 Å². The van der Waals surface area contributed by atoms with E-state index in [2.05, 4.69) is 15.3 Å². The normalized spacial score (nSPS) is 11.1. The monoisotopic (exact) mass is 239 g/mol. The standard InChI is InChI=1S/C11H17N3O3/c1-5-17-8-6-7(2)12-10(13-8)14-11(3,4)9(15)16/h6H,5H2,1-4H3,(H,15,16)(H,12,13,14). The van der Waals surface area contributed by atoms with Crippen LogP contribution in [0.4, 0.5) is 5.95 Å². The van der Waals surface area contributed by atoms with Crippen LogP contribution < -0.4 is 10.1 Å². The fourth-order valence-electron chi connectivity index (χ4n) is 1.15. The van der Waals surface area contributed by atoms with Crippen LogP contribution in [0.1, 0.15) is 26.5 Å². The summed E-state index contributed by atoms with van der Waals surface area (Å²) >= 11 is 0. The van der Waals surface area contributed by atoms with Gasteiger partial charge in [-0.2, -0.15) is 4.98 Å². The van der Waals surface area contributed by atoms with E-state index in [1.54, 1.807) is 26.8 Å². The molecular weight excluding hydrogens is 222 g/mol. The van der Waals surface area contributed by atoms with Crippen molar-refractivity contribution in [3.63, 3.8) is 0 Å². The average molecular weight is 239 g/mol. The summed E-state index contributed by atoms with van der Waals surface area (Å²) in [5, 5.41) is 11.8. The lowest BCUT2D eigenvalue weighted by atomic mass is 10.1. The molecule has 2 N–H and O–H groups in total. The van der Waals surface area contributed by atoms with Crippen LogP contribution in [0.2, 0.25) is 0 Å². The largest absolute Gasteiger partial charge is 0.480 e. The second kappa shape index (κ2) is 4.99. The third-order valence-electron chi connectivity index (χ3n) is 2.08. The molecule has 1 aromatic heterocycles. The number of aromatic nitrogens is 2. The van der Waals surface area contributed by atoms with Crippen LogP contribution in [0.25, 0.3) is 0 Å². The van der Waals surface area contributed by atoms with Crippen LogP contribution in [0.5, 0.6) is 5.88 Å². The van der Waals surface area contributed by atoms with Gasteiger partial charge in [0.15, 0.2) is 0 Å². The summed E-state index contributed by atoms with van der Waals surface area (Å²) in [7, 11) is 0. The Morgan fingerprint density at radius 3 is 2.71 bits per heavy atom. The van der Waals surface area contributed by atoms with E-state index >= 15 is 0 Å². The van der Waals surface area contributed by atoms with Gasteiger partial charge in [-0.1, -0.05) is 0 Å².